The molecule has 1 N–H and O–H groups in total. The molecular formula is C27H26N2O2S2. The van der Waals surface area contributed by atoms with E-state index in [1.807, 2.05) is 96.5 Å². The molecular weight excluding hydrogens is 448 g/mol. The molecule has 0 aliphatic rings. The molecule has 0 bridgehead atoms. The molecule has 6 heteroatoms. The zero-order valence-corrected chi connectivity index (χ0v) is 20.1. The number of amides is 2. The average Bonchev–Trinajstić information content (AvgIpc) is 3.53. The second kappa shape index (κ2) is 11.1. The monoisotopic (exact) mass is 474 g/mol. The molecule has 0 radical (unpaired) electrons. The van der Waals surface area contributed by atoms with Gasteiger partial charge in [-0.25, -0.2) is 0 Å². The fourth-order valence-electron chi connectivity index (χ4n) is 3.78. The number of carbonyl (C=O) groups is 2. The number of nitrogens with zero attached hydrogens (tertiary/aromatic N) is 1. The summed E-state index contributed by atoms with van der Waals surface area (Å²) in [5.74, 6) is -0.238. The van der Waals surface area contributed by atoms with Gasteiger partial charge in [-0.05, 0) is 46.5 Å². The Kier molecular flexibility index (Phi) is 7.70. The average molecular weight is 475 g/mol. The van der Waals surface area contributed by atoms with Crippen molar-refractivity contribution in [2.45, 2.75) is 32.5 Å². The van der Waals surface area contributed by atoms with Crippen molar-refractivity contribution in [3.63, 3.8) is 0 Å². The minimum absolute atomic E-state index is 0.0611. The van der Waals surface area contributed by atoms with Crippen LogP contribution in [0, 0.1) is 6.92 Å². The minimum Gasteiger partial charge on any atom is -0.350 e. The maximum absolute atomic E-state index is 13.6. The zero-order chi connectivity index (χ0) is 23.0. The quantitative estimate of drug-likeness (QED) is 0.336. The number of carbonyl (C=O) groups excluding carboxylic acids is 2. The number of thiophene rings is 2. The number of benzene rings is 2. The number of hydrogen-bond acceptors (Lipinski definition) is 4. The smallest absolute Gasteiger partial charge is 0.247 e. The summed E-state index contributed by atoms with van der Waals surface area (Å²) in [6, 6.07) is 24.8. The largest absolute Gasteiger partial charge is 0.350 e. The van der Waals surface area contributed by atoms with E-state index in [4.69, 9.17) is 0 Å². The van der Waals surface area contributed by atoms with Gasteiger partial charge in [0.15, 0.2) is 0 Å². The third kappa shape index (κ3) is 5.97. The lowest BCUT2D eigenvalue weighted by molar-refractivity contribution is -0.141. The van der Waals surface area contributed by atoms with Crippen molar-refractivity contribution in [3.8, 4) is 0 Å². The molecule has 0 saturated carbocycles. The van der Waals surface area contributed by atoms with Crippen LogP contribution in [0.1, 0.15) is 32.5 Å². The highest BCUT2D eigenvalue weighted by Gasteiger charge is 2.32. The summed E-state index contributed by atoms with van der Waals surface area (Å²) in [5.41, 5.74) is 2.85. The van der Waals surface area contributed by atoms with Crippen molar-refractivity contribution >= 4 is 34.5 Å². The van der Waals surface area contributed by atoms with Crippen LogP contribution in [0.5, 0.6) is 0 Å². The van der Waals surface area contributed by atoms with Crippen molar-refractivity contribution in [2.75, 3.05) is 0 Å². The summed E-state index contributed by atoms with van der Waals surface area (Å²) in [7, 11) is 0. The first kappa shape index (κ1) is 23.0. The topological polar surface area (TPSA) is 49.4 Å². The van der Waals surface area contributed by atoms with Crippen LogP contribution in [-0.2, 0) is 29.1 Å². The van der Waals surface area contributed by atoms with E-state index in [0.29, 0.717) is 13.1 Å². The van der Waals surface area contributed by atoms with E-state index < -0.39 is 6.04 Å². The van der Waals surface area contributed by atoms with E-state index >= 15 is 0 Å². The van der Waals surface area contributed by atoms with Gasteiger partial charge in [0.25, 0.3) is 0 Å². The van der Waals surface area contributed by atoms with Crippen LogP contribution in [0.4, 0.5) is 0 Å². The highest BCUT2D eigenvalue weighted by atomic mass is 32.1. The maximum atomic E-state index is 13.6. The SMILES string of the molecule is Cc1ccccc1[C@@H](C(=O)NCc1ccccc1)N(Cc1cccs1)C(=O)Cc1cccs1. The van der Waals surface area contributed by atoms with Gasteiger partial charge in [0, 0.05) is 16.3 Å². The molecule has 2 heterocycles. The molecule has 2 aromatic carbocycles. The first-order valence-corrected chi connectivity index (χ1v) is 12.6. The molecule has 0 fully saturated rings. The summed E-state index contributed by atoms with van der Waals surface area (Å²) in [6.07, 6.45) is 0.275. The van der Waals surface area contributed by atoms with Gasteiger partial charge in [-0.1, -0.05) is 66.7 Å². The summed E-state index contributed by atoms with van der Waals surface area (Å²) in [5, 5.41) is 7.04. The van der Waals surface area contributed by atoms with Crippen LogP contribution < -0.4 is 5.32 Å². The molecule has 1 atom stereocenters. The molecule has 4 aromatic rings. The molecule has 0 spiro atoms. The van der Waals surface area contributed by atoms with E-state index in [9.17, 15) is 9.59 Å². The van der Waals surface area contributed by atoms with Crippen molar-refractivity contribution in [2.24, 2.45) is 0 Å². The molecule has 0 saturated heterocycles. The number of rotatable bonds is 9. The third-order valence-corrected chi connectivity index (χ3v) is 7.22. The Hall–Kier alpha value is -3.22. The Morgan fingerprint density at radius 3 is 2.18 bits per heavy atom. The Labute approximate surface area is 202 Å². The molecule has 0 aliphatic heterocycles. The predicted octanol–water partition coefficient (Wildman–Crippen LogP) is 5.75. The van der Waals surface area contributed by atoms with Crippen LogP contribution in [0.15, 0.2) is 89.6 Å². The summed E-state index contributed by atoms with van der Waals surface area (Å²) >= 11 is 3.15. The third-order valence-electron chi connectivity index (χ3n) is 5.48. The van der Waals surface area contributed by atoms with E-state index in [0.717, 1.165) is 26.4 Å². The van der Waals surface area contributed by atoms with Gasteiger partial charge >= 0.3 is 0 Å². The van der Waals surface area contributed by atoms with Gasteiger partial charge in [0.1, 0.15) is 6.04 Å². The first-order chi connectivity index (χ1) is 16.1. The Bertz CT molecular complexity index is 1170. The van der Waals surface area contributed by atoms with Gasteiger partial charge in [-0.15, -0.1) is 22.7 Å². The van der Waals surface area contributed by atoms with Crippen LogP contribution in [0.25, 0.3) is 0 Å². The normalized spacial score (nSPS) is 11.7. The van der Waals surface area contributed by atoms with E-state index in [1.165, 1.54) is 0 Å². The van der Waals surface area contributed by atoms with Crippen molar-refractivity contribution in [3.05, 3.63) is 116 Å². The minimum atomic E-state index is -0.718. The molecule has 0 aliphatic carbocycles. The lowest BCUT2D eigenvalue weighted by atomic mass is 9.98. The molecule has 2 amide bonds. The number of aryl methyl sites for hydroxylation is 1. The summed E-state index contributed by atoms with van der Waals surface area (Å²) in [6.45, 7) is 2.79. The lowest BCUT2D eigenvalue weighted by Crippen LogP contribution is -2.44. The second-order valence-corrected chi connectivity index (χ2v) is 9.88. The predicted molar refractivity (Wildman–Crippen MR) is 135 cm³/mol. The summed E-state index contributed by atoms with van der Waals surface area (Å²) < 4.78 is 0. The van der Waals surface area contributed by atoms with Crippen LogP contribution in [-0.4, -0.2) is 16.7 Å². The molecule has 4 nitrogen and oxygen atoms in total. The molecule has 4 rings (SSSR count). The fraction of sp³-hybridized carbons (Fsp3) is 0.185. The lowest BCUT2D eigenvalue weighted by Gasteiger charge is -2.32. The Balaban J connectivity index is 1.67. The van der Waals surface area contributed by atoms with Crippen molar-refractivity contribution in [1.82, 2.24) is 10.2 Å². The Morgan fingerprint density at radius 1 is 0.848 bits per heavy atom. The molecule has 2 aromatic heterocycles. The first-order valence-electron chi connectivity index (χ1n) is 10.8. The van der Waals surface area contributed by atoms with Crippen LogP contribution >= 0.6 is 22.7 Å². The van der Waals surface area contributed by atoms with Gasteiger partial charge < -0.3 is 10.2 Å². The standard InChI is InChI=1S/C27H26N2O2S2/c1-20-9-5-6-14-24(20)26(27(31)28-18-21-10-3-2-4-11-21)29(19-23-13-8-16-33-23)25(30)17-22-12-7-15-32-22/h2-16,26H,17-19H2,1H3,(H,28,31)/t26-/m0/s1. The van der Waals surface area contributed by atoms with Gasteiger partial charge in [-0.2, -0.15) is 0 Å². The second-order valence-electron chi connectivity index (χ2n) is 7.82. The van der Waals surface area contributed by atoms with Crippen LogP contribution in [0.2, 0.25) is 0 Å². The van der Waals surface area contributed by atoms with Gasteiger partial charge in [0.05, 0.1) is 13.0 Å². The molecule has 168 valence electrons. The van der Waals surface area contributed by atoms with Gasteiger partial charge in [-0.3, -0.25) is 9.59 Å². The highest BCUT2D eigenvalue weighted by molar-refractivity contribution is 7.10. The molecule has 33 heavy (non-hydrogen) atoms. The number of hydrogen-bond donors (Lipinski definition) is 1. The van der Waals surface area contributed by atoms with E-state index in [-0.39, 0.29) is 18.2 Å². The Morgan fingerprint density at radius 2 is 1.52 bits per heavy atom. The zero-order valence-electron chi connectivity index (χ0n) is 18.4. The highest BCUT2D eigenvalue weighted by Crippen LogP contribution is 2.28. The maximum Gasteiger partial charge on any atom is 0.247 e. The van der Waals surface area contributed by atoms with E-state index in [1.54, 1.807) is 27.6 Å². The summed E-state index contributed by atoms with van der Waals surface area (Å²) in [4.78, 5) is 31.0. The van der Waals surface area contributed by atoms with Crippen molar-refractivity contribution in [1.29, 1.82) is 0 Å². The van der Waals surface area contributed by atoms with Crippen molar-refractivity contribution < 1.29 is 9.59 Å². The fourth-order valence-corrected chi connectivity index (χ4v) is 5.18. The van der Waals surface area contributed by atoms with Crippen LogP contribution in [0.3, 0.4) is 0 Å². The van der Waals surface area contributed by atoms with E-state index in [2.05, 4.69) is 5.32 Å². The van der Waals surface area contributed by atoms with Gasteiger partial charge in [0.2, 0.25) is 11.8 Å². The molecule has 0 unspecified atom stereocenters. The number of nitrogens with one attached hydrogen (secondary N) is 1.